The van der Waals surface area contributed by atoms with E-state index >= 15 is 0 Å². The largest absolute Gasteiger partial charge is 0.507 e. The smallest absolute Gasteiger partial charge is 0.153 e. The van der Waals surface area contributed by atoms with E-state index in [4.69, 9.17) is 0 Å². The zero-order valence-corrected chi connectivity index (χ0v) is 10.4. The van der Waals surface area contributed by atoms with Crippen LogP contribution in [0.3, 0.4) is 0 Å². The zero-order chi connectivity index (χ0) is 13.9. The molecule has 4 rings (SSSR count). The SMILES string of the molecule is O=Cc1cc2ccc3c(O)ccc4ccc(c1O)c2c43. The number of aromatic hydroxyl groups is 2. The van der Waals surface area contributed by atoms with Crippen molar-refractivity contribution in [2.75, 3.05) is 0 Å². The van der Waals surface area contributed by atoms with Crippen LogP contribution in [0.4, 0.5) is 0 Å². The second-order valence-electron chi connectivity index (χ2n) is 4.94. The van der Waals surface area contributed by atoms with Gasteiger partial charge in [0.15, 0.2) is 6.29 Å². The average molecular weight is 262 g/mol. The number of carbonyl (C=O) groups excluding carboxylic acids is 1. The van der Waals surface area contributed by atoms with Gasteiger partial charge in [-0.05, 0) is 29.0 Å². The first-order valence-corrected chi connectivity index (χ1v) is 6.28. The minimum Gasteiger partial charge on any atom is -0.507 e. The van der Waals surface area contributed by atoms with E-state index in [1.54, 1.807) is 12.1 Å². The van der Waals surface area contributed by atoms with Gasteiger partial charge in [-0.1, -0.05) is 24.3 Å². The molecule has 0 saturated heterocycles. The molecule has 20 heavy (non-hydrogen) atoms. The number of hydrogen-bond acceptors (Lipinski definition) is 3. The molecule has 0 bridgehead atoms. The van der Waals surface area contributed by atoms with E-state index in [1.165, 1.54) is 0 Å². The minimum absolute atomic E-state index is 0.00903. The van der Waals surface area contributed by atoms with Crippen molar-refractivity contribution in [3.8, 4) is 11.5 Å². The van der Waals surface area contributed by atoms with Gasteiger partial charge in [-0.2, -0.15) is 0 Å². The topological polar surface area (TPSA) is 57.5 Å². The molecule has 3 heteroatoms. The van der Waals surface area contributed by atoms with Crippen molar-refractivity contribution in [2.45, 2.75) is 0 Å². The van der Waals surface area contributed by atoms with Gasteiger partial charge >= 0.3 is 0 Å². The van der Waals surface area contributed by atoms with Gasteiger partial charge in [0.05, 0.1) is 5.56 Å². The Labute approximate surface area is 114 Å². The van der Waals surface area contributed by atoms with E-state index in [1.807, 2.05) is 30.3 Å². The fraction of sp³-hybridized carbons (Fsp3) is 0. The van der Waals surface area contributed by atoms with Crippen LogP contribution < -0.4 is 0 Å². The number of phenolic OH excluding ortho intramolecular Hbond substituents is 2. The third-order valence-corrected chi connectivity index (χ3v) is 3.89. The van der Waals surface area contributed by atoms with Gasteiger partial charge < -0.3 is 10.2 Å². The van der Waals surface area contributed by atoms with Crippen molar-refractivity contribution in [2.24, 2.45) is 0 Å². The van der Waals surface area contributed by atoms with Crippen LogP contribution in [0.5, 0.6) is 11.5 Å². The number of carbonyl (C=O) groups is 1. The molecule has 0 aromatic heterocycles. The van der Waals surface area contributed by atoms with Gasteiger partial charge in [0.1, 0.15) is 11.5 Å². The normalized spacial score (nSPS) is 11.6. The molecule has 0 unspecified atom stereocenters. The summed E-state index contributed by atoms with van der Waals surface area (Å²) in [5.74, 6) is 0.205. The Bertz CT molecular complexity index is 986. The Kier molecular flexibility index (Phi) is 1.99. The molecular weight excluding hydrogens is 252 g/mol. The zero-order valence-electron chi connectivity index (χ0n) is 10.4. The van der Waals surface area contributed by atoms with E-state index in [-0.39, 0.29) is 17.1 Å². The lowest BCUT2D eigenvalue weighted by molar-refractivity contribution is 0.112. The molecule has 2 N–H and O–H groups in total. The summed E-state index contributed by atoms with van der Waals surface area (Å²) in [4.78, 5) is 11.0. The summed E-state index contributed by atoms with van der Waals surface area (Å²) in [6, 6.07) is 12.6. The highest BCUT2D eigenvalue weighted by Gasteiger charge is 2.15. The van der Waals surface area contributed by atoms with Crippen LogP contribution in [0.1, 0.15) is 10.4 Å². The second-order valence-corrected chi connectivity index (χ2v) is 4.94. The summed E-state index contributed by atoms with van der Waals surface area (Å²) < 4.78 is 0. The Hall–Kier alpha value is -2.81. The molecule has 0 radical (unpaired) electrons. The Morgan fingerprint density at radius 2 is 1.45 bits per heavy atom. The highest BCUT2D eigenvalue weighted by molar-refractivity contribution is 6.26. The van der Waals surface area contributed by atoms with Crippen LogP contribution in [-0.4, -0.2) is 16.5 Å². The number of aldehydes is 1. The molecule has 4 aromatic rings. The minimum atomic E-state index is -0.00903. The molecule has 4 aromatic carbocycles. The summed E-state index contributed by atoms with van der Waals surface area (Å²) in [6.07, 6.45) is 0.654. The fourth-order valence-electron chi connectivity index (χ4n) is 2.96. The molecule has 96 valence electrons. The molecule has 0 aliphatic heterocycles. The van der Waals surface area contributed by atoms with Crippen LogP contribution in [0, 0.1) is 0 Å². The number of hydrogen-bond donors (Lipinski definition) is 2. The molecule has 0 heterocycles. The maximum atomic E-state index is 11.0. The van der Waals surface area contributed by atoms with Crippen LogP contribution in [0.15, 0.2) is 42.5 Å². The molecule has 0 aliphatic carbocycles. The maximum Gasteiger partial charge on any atom is 0.153 e. The predicted molar refractivity (Wildman–Crippen MR) is 78.9 cm³/mol. The van der Waals surface area contributed by atoms with Crippen molar-refractivity contribution in [3.05, 3.63) is 48.0 Å². The summed E-state index contributed by atoms with van der Waals surface area (Å²) >= 11 is 0. The van der Waals surface area contributed by atoms with Crippen LogP contribution in [0.2, 0.25) is 0 Å². The van der Waals surface area contributed by atoms with Crippen molar-refractivity contribution in [1.82, 2.24) is 0 Å². The Balaban J connectivity index is 2.40. The summed E-state index contributed by atoms with van der Waals surface area (Å²) in [6.45, 7) is 0. The van der Waals surface area contributed by atoms with E-state index in [0.29, 0.717) is 11.7 Å². The first-order chi connectivity index (χ1) is 9.70. The third-order valence-electron chi connectivity index (χ3n) is 3.89. The highest BCUT2D eigenvalue weighted by atomic mass is 16.3. The Morgan fingerprint density at radius 1 is 0.800 bits per heavy atom. The van der Waals surface area contributed by atoms with E-state index in [0.717, 1.165) is 26.9 Å². The quantitative estimate of drug-likeness (QED) is 0.405. The van der Waals surface area contributed by atoms with E-state index in [2.05, 4.69) is 0 Å². The van der Waals surface area contributed by atoms with Gasteiger partial charge in [-0.3, -0.25) is 4.79 Å². The lowest BCUT2D eigenvalue weighted by Gasteiger charge is -2.13. The molecule has 0 aliphatic rings. The fourth-order valence-corrected chi connectivity index (χ4v) is 2.96. The first kappa shape index (κ1) is 11.1. The van der Waals surface area contributed by atoms with Gasteiger partial charge in [-0.25, -0.2) is 0 Å². The summed E-state index contributed by atoms with van der Waals surface area (Å²) in [7, 11) is 0. The second kappa shape index (κ2) is 3.61. The average Bonchev–Trinajstić information content (AvgIpc) is 2.48. The molecule has 0 spiro atoms. The predicted octanol–water partition coefficient (Wildman–Crippen LogP) is 3.81. The van der Waals surface area contributed by atoms with E-state index < -0.39 is 0 Å². The standard InChI is InChI=1S/C17H10O3/c18-8-11-7-10-2-4-12-14(19)6-3-9-1-5-13(17(11)20)16(10)15(9)12/h1-8,19-20H. The van der Waals surface area contributed by atoms with Crippen molar-refractivity contribution in [3.63, 3.8) is 0 Å². The van der Waals surface area contributed by atoms with Crippen LogP contribution in [-0.2, 0) is 0 Å². The maximum absolute atomic E-state index is 11.0. The highest BCUT2D eigenvalue weighted by Crippen LogP contribution is 2.41. The van der Waals surface area contributed by atoms with E-state index in [9.17, 15) is 15.0 Å². The van der Waals surface area contributed by atoms with Gasteiger partial charge in [0.2, 0.25) is 0 Å². The van der Waals surface area contributed by atoms with Gasteiger partial charge in [0, 0.05) is 21.5 Å². The lowest BCUT2D eigenvalue weighted by Crippen LogP contribution is -1.88. The molecule has 0 saturated carbocycles. The first-order valence-electron chi connectivity index (χ1n) is 6.28. The van der Waals surface area contributed by atoms with Crippen molar-refractivity contribution < 1.29 is 15.0 Å². The monoisotopic (exact) mass is 262 g/mol. The molecule has 3 nitrogen and oxygen atoms in total. The van der Waals surface area contributed by atoms with Crippen molar-refractivity contribution >= 4 is 38.6 Å². The number of rotatable bonds is 1. The molecule has 0 amide bonds. The molecular formula is C17H10O3. The van der Waals surface area contributed by atoms with Gasteiger partial charge in [-0.15, -0.1) is 0 Å². The van der Waals surface area contributed by atoms with Crippen LogP contribution in [0.25, 0.3) is 32.3 Å². The number of benzene rings is 4. The molecule has 0 atom stereocenters. The van der Waals surface area contributed by atoms with Crippen molar-refractivity contribution in [1.29, 1.82) is 0 Å². The lowest BCUT2D eigenvalue weighted by atomic mass is 9.92. The Morgan fingerprint density at radius 3 is 2.25 bits per heavy atom. The third kappa shape index (κ3) is 1.21. The van der Waals surface area contributed by atoms with Gasteiger partial charge in [0.25, 0.3) is 0 Å². The summed E-state index contributed by atoms with van der Waals surface area (Å²) in [5.41, 5.74) is 0.278. The summed E-state index contributed by atoms with van der Waals surface area (Å²) in [5, 5.41) is 25.2. The molecule has 0 fully saturated rings. The number of phenols is 2. The van der Waals surface area contributed by atoms with Crippen LogP contribution >= 0.6 is 0 Å².